The maximum absolute atomic E-state index is 12.6. The molecule has 0 saturated carbocycles. The number of carbonyl (C=O) groups excluding carboxylic acids is 3. The molecule has 0 fully saturated rings. The zero-order valence-electron chi connectivity index (χ0n) is 14.8. The van der Waals surface area contributed by atoms with Crippen molar-refractivity contribution in [3.8, 4) is 0 Å². The molecule has 3 amide bonds. The summed E-state index contributed by atoms with van der Waals surface area (Å²) in [5, 5.41) is 11.1. The molecule has 0 radical (unpaired) electrons. The van der Waals surface area contributed by atoms with Gasteiger partial charge in [-0.05, 0) is 18.6 Å². The van der Waals surface area contributed by atoms with Crippen LogP contribution in [0.2, 0.25) is 0 Å². The van der Waals surface area contributed by atoms with E-state index in [-0.39, 0.29) is 17.2 Å². The van der Waals surface area contributed by atoms with Gasteiger partial charge >= 0.3 is 0 Å². The standard InChI is InChI=1S/C19H17N3O5/c1-12(13-7-4-3-5-8-13)20(2)16(23)11-21-18(24)14-9-6-10-15(22(26)27)17(14)19(21)25/h3-10,12H,11H2,1-2H3. The molecular formula is C19H17N3O5. The van der Waals surface area contributed by atoms with Crippen molar-refractivity contribution in [2.75, 3.05) is 13.6 Å². The Morgan fingerprint density at radius 1 is 1.11 bits per heavy atom. The molecule has 2 aromatic rings. The van der Waals surface area contributed by atoms with Gasteiger partial charge in [-0.25, -0.2) is 0 Å². The summed E-state index contributed by atoms with van der Waals surface area (Å²) >= 11 is 0. The molecular weight excluding hydrogens is 350 g/mol. The van der Waals surface area contributed by atoms with Crippen molar-refractivity contribution >= 4 is 23.4 Å². The minimum absolute atomic E-state index is 0.0549. The van der Waals surface area contributed by atoms with Crippen LogP contribution in [0.1, 0.15) is 39.2 Å². The smallest absolute Gasteiger partial charge is 0.282 e. The lowest BCUT2D eigenvalue weighted by atomic mass is 10.1. The Morgan fingerprint density at radius 2 is 1.78 bits per heavy atom. The van der Waals surface area contributed by atoms with Crippen LogP contribution in [0.3, 0.4) is 0 Å². The first kappa shape index (κ1) is 18.2. The fraction of sp³-hybridized carbons (Fsp3) is 0.211. The van der Waals surface area contributed by atoms with Gasteiger partial charge in [0.15, 0.2) is 0 Å². The second-order valence-electron chi connectivity index (χ2n) is 6.24. The summed E-state index contributed by atoms with van der Waals surface area (Å²) in [5.41, 5.74) is 0.151. The van der Waals surface area contributed by atoms with Crippen LogP contribution >= 0.6 is 0 Å². The van der Waals surface area contributed by atoms with Gasteiger partial charge < -0.3 is 4.90 Å². The normalized spacial score (nSPS) is 14.1. The van der Waals surface area contributed by atoms with E-state index in [0.717, 1.165) is 10.5 Å². The summed E-state index contributed by atoms with van der Waals surface area (Å²) in [6.07, 6.45) is 0. The van der Waals surface area contributed by atoms with Gasteiger partial charge in [-0.15, -0.1) is 0 Å². The number of nitrogens with zero attached hydrogens (tertiary/aromatic N) is 3. The largest absolute Gasteiger partial charge is 0.337 e. The van der Waals surface area contributed by atoms with E-state index in [4.69, 9.17) is 0 Å². The van der Waals surface area contributed by atoms with Gasteiger partial charge in [0.2, 0.25) is 5.91 Å². The first-order chi connectivity index (χ1) is 12.8. The molecule has 1 atom stereocenters. The van der Waals surface area contributed by atoms with E-state index in [0.29, 0.717) is 0 Å². The van der Waals surface area contributed by atoms with Gasteiger partial charge in [0, 0.05) is 13.1 Å². The topological polar surface area (TPSA) is 101 Å². The van der Waals surface area contributed by atoms with Crippen molar-refractivity contribution in [1.29, 1.82) is 0 Å². The van der Waals surface area contributed by atoms with E-state index >= 15 is 0 Å². The summed E-state index contributed by atoms with van der Waals surface area (Å²) in [6, 6.07) is 12.9. The zero-order valence-corrected chi connectivity index (χ0v) is 14.8. The Hall–Kier alpha value is -3.55. The average Bonchev–Trinajstić information content (AvgIpc) is 2.92. The number of nitro benzene ring substituents is 1. The SMILES string of the molecule is CC(c1ccccc1)N(C)C(=O)CN1C(=O)c2cccc([N+](=O)[O-])c2C1=O. The first-order valence-corrected chi connectivity index (χ1v) is 8.27. The van der Waals surface area contributed by atoms with Crippen molar-refractivity contribution in [3.63, 3.8) is 0 Å². The summed E-state index contributed by atoms with van der Waals surface area (Å²) in [5.74, 6) is -1.97. The number of benzene rings is 2. The first-order valence-electron chi connectivity index (χ1n) is 8.27. The minimum atomic E-state index is -0.823. The second-order valence-corrected chi connectivity index (χ2v) is 6.24. The number of fused-ring (bicyclic) bond motifs is 1. The maximum Gasteiger partial charge on any atom is 0.282 e. The van der Waals surface area contributed by atoms with E-state index < -0.39 is 34.9 Å². The second kappa shape index (κ2) is 6.99. The van der Waals surface area contributed by atoms with Gasteiger partial charge in [-0.1, -0.05) is 36.4 Å². The van der Waals surface area contributed by atoms with Crippen LogP contribution in [-0.2, 0) is 4.79 Å². The van der Waals surface area contributed by atoms with E-state index in [1.807, 2.05) is 37.3 Å². The number of imide groups is 1. The van der Waals surface area contributed by atoms with Crippen LogP contribution in [0, 0.1) is 10.1 Å². The Balaban J connectivity index is 1.81. The number of rotatable bonds is 5. The number of likely N-dealkylation sites (N-methyl/N-ethyl adjacent to an activating group) is 1. The summed E-state index contributed by atoms with van der Waals surface area (Å²) in [6.45, 7) is 1.36. The molecule has 0 spiro atoms. The van der Waals surface area contributed by atoms with E-state index in [9.17, 15) is 24.5 Å². The third kappa shape index (κ3) is 3.17. The van der Waals surface area contributed by atoms with Crippen molar-refractivity contribution < 1.29 is 19.3 Å². The van der Waals surface area contributed by atoms with Gasteiger partial charge in [-0.3, -0.25) is 29.4 Å². The van der Waals surface area contributed by atoms with Crippen LogP contribution in [0.25, 0.3) is 0 Å². The predicted molar refractivity (Wildman–Crippen MR) is 96.1 cm³/mol. The van der Waals surface area contributed by atoms with Crippen LogP contribution < -0.4 is 0 Å². The van der Waals surface area contributed by atoms with Crippen molar-refractivity contribution in [3.05, 3.63) is 75.3 Å². The van der Waals surface area contributed by atoms with Crippen LogP contribution in [0.15, 0.2) is 48.5 Å². The third-order valence-corrected chi connectivity index (χ3v) is 4.72. The number of hydrogen-bond donors (Lipinski definition) is 0. The molecule has 0 bridgehead atoms. The van der Waals surface area contributed by atoms with Crippen LogP contribution in [0.5, 0.6) is 0 Å². The number of hydrogen-bond acceptors (Lipinski definition) is 5. The Morgan fingerprint density at radius 3 is 2.41 bits per heavy atom. The molecule has 8 nitrogen and oxygen atoms in total. The fourth-order valence-corrected chi connectivity index (χ4v) is 3.03. The van der Waals surface area contributed by atoms with Crippen molar-refractivity contribution in [2.45, 2.75) is 13.0 Å². The minimum Gasteiger partial charge on any atom is -0.337 e. The number of amides is 3. The van der Waals surface area contributed by atoms with Gasteiger partial charge in [0.1, 0.15) is 12.1 Å². The molecule has 1 heterocycles. The summed E-state index contributed by atoms with van der Waals surface area (Å²) in [7, 11) is 1.58. The van der Waals surface area contributed by atoms with Gasteiger partial charge in [0.05, 0.1) is 16.5 Å². The molecule has 0 saturated heterocycles. The van der Waals surface area contributed by atoms with Crippen LogP contribution in [-0.4, -0.2) is 46.0 Å². The average molecular weight is 367 g/mol. The lowest BCUT2D eigenvalue weighted by Gasteiger charge is -2.27. The molecule has 2 aromatic carbocycles. The highest BCUT2D eigenvalue weighted by Crippen LogP contribution is 2.31. The number of nitro groups is 1. The molecule has 1 aliphatic rings. The van der Waals surface area contributed by atoms with Gasteiger partial charge in [-0.2, -0.15) is 0 Å². The number of carbonyl (C=O) groups is 3. The monoisotopic (exact) mass is 367 g/mol. The van der Waals surface area contributed by atoms with Crippen molar-refractivity contribution in [2.24, 2.45) is 0 Å². The molecule has 1 unspecified atom stereocenters. The lowest BCUT2D eigenvalue weighted by Crippen LogP contribution is -2.42. The van der Waals surface area contributed by atoms with E-state index in [1.165, 1.54) is 23.1 Å². The Labute approximate surface area is 155 Å². The summed E-state index contributed by atoms with van der Waals surface area (Å²) in [4.78, 5) is 50.3. The van der Waals surface area contributed by atoms with Crippen molar-refractivity contribution in [1.82, 2.24) is 9.80 Å². The van der Waals surface area contributed by atoms with Gasteiger partial charge in [0.25, 0.3) is 17.5 Å². The molecule has 138 valence electrons. The predicted octanol–water partition coefficient (Wildman–Crippen LogP) is 2.41. The fourth-order valence-electron chi connectivity index (χ4n) is 3.03. The highest BCUT2D eigenvalue weighted by Gasteiger charge is 2.42. The molecule has 0 aromatic heterocycles. The zero-order chi connectivity index (χ0) is 19.7. The maximum atomic E-state index is 12.6. The summed E-state index contributed by atoms with van der Waals surface area (Å²) < 4.78 is 0. The van der Waals surface area contributed by atoms with E-state index in [1.54, 1.807) is 7.05 Å². The van der Waals surface area contributed by atoms with E-state index in [2.05, 4.69) is 0 Å². The molecule has 8 heteroatoms. The molecule has 27 heavy (non-hydrogen) atoms. The third-order valence-electron chi connectivity index (χ3n) is 4.72. The lowest BCUT2D eigenvalue weighted by molar-refractivity contribution is -0.385. The molecule has 0 aliphatic carbocycles. The molecule has 1 aliphatic heterocycles. The molecule has 3 rings (SSSR count). The Bertz CT molecular complexity index is 942. The Kier molecular flexibility index (Phi) is 4.72. The highest BCUT2D eigenvalue weighted by molar-refractivity contribution is 6.24. The van der Waals surface area contributed by atoms with Crippen LogP contribution in [0.4, 0.5) is 5.69 Å². The highest BCUT2D eigenvalue weighted by atomic mass is 16.6. The molecule has 0 N–H and O–H groups in total. The quantitative estimate of drug-likeness (QED) is 0.459.